The molecule has 0 spiro atoms. The first kappa shape index (κ1) is 17.9. The van der Waals surface area contributed by atoms with Gasteiger partial charge in [0.25, 0.3) is 0 Å². The van der Waals surface area contributed by atoms with Gasteiger partial charge in [-0.05, 0) is 63.5 Å². The summed E-state index contributed by atoms with van der Waals surface area (Å²) in [5, 5.41) is 0. The SMILES string of the molecule is O=Cc1ccc(OC(=O)COc2ccc(-c3ccccc3)cc2Br)cc1. The lowest BCUT2D eigenvalue weighted by Gasteiger charge is -2.10. The number of halogens is 1. The number of ether oxygens (including phenoxy) is 2. The van der Waals surface area contributed by atoms with Crippen molar-refractivity contribution in [2.75, 3.05) is 6.61 Å². The zero-order valence-corrected chi connectivity index (χ0v) is 15.3. The molecule has 0 N–H and O–H groups in total. The number of carbonyl (C=O) groups is 2. The lowest BCUT2D eigenvalue weighted by Crippen LogP contribution is -2.17. The van der Waals surface area contributed by atoms with Gasteiger partial charge in [0.15, 0.2) is 6.61 Å². The number of aldehydes is 1. The van der Waals surface area contributed by atoms with Gasteiger partial charge in [0.1, 0.15) is 17.8 Å². The minimum Gasteiger partial charge on any atom is -0.481 e. The Morgan fingerprint density at radius 3 is 2.31 bits per heavy atom. The number of hydrogen-bond acceptors (Lipinski definition) is 4. The molecule has 0 aromatic heterocycles. The molecule has 0 aliphatic rings. The first-order chi connectivity index (χ1) is 12.7. The van der Waals surface area contributed by atoms with Crippen molar-refractivity contribution < 1.29 is 19.1 Å². The van der Waals surface area contributed by atoms with Gasteiger partial charge in [-0.25, -0.2) is 4.79 Å². The van der Waals surface area contributed by atoms with Crippen LogP contribution < -0.4 is 9.47 Å². The van der Waals surface area contributed by atoms with E-state index >= 15 is 0 Å². The van der Waals surface area contributed by atoms with Gasteiger partial charge in [-0.3, -0.25) is 4.79 Å². The third-order valence-corrected chi connectivity index (χ3v) is 4.25. The van der Waals surface area contributed by atoms with Crippen LogP contribution in [0.15, 0.2) is 77.3 Å². The van der Waals surface area contributed by atoms with Gasteiger partial charge in [-0.15, -0.1) is 0 Å². The molecule has 0 bridgehead atoms. The minimum absolute atomic E-state index is 0.223. The molecule has 0 saturated heterocycles. The van der Waals surface area contributed by atoms with Crippen LogP contribution in [0.2, 0.25) is 0 Å². The zero-order chi connectivity index (χ0) is 18.4. The van der Waals surface area contributed by atoms with Crippen molar-refractivity contribution in [3.8, 4) is 22.6 Å². The van der Waals surface area contributed by atoms with E-state index in [1.165, 1.54) is 0 Å². The second-order valence-electron chi connectivity index (χ2n) is 5.46. The fourth-order valence-electron chi connectivity index (χ4n) is 2.34. The summed E-state index contributed by atoms with van der Waals surface area (Å²) in [6.07, 6.45) is 0.728. The Bertz CT molecular complexity index is 905. The Morgan fingerprint density at radius 2 is 1.65 bits per heavy atom. The van der Waals surface area contributed by atoms with Crippen LogP contribution in [0.4, 0.5) is 0 Å². The van der Waals surface area contributed by atoms with E-state index < -0.39 is 5.97 Å². The summed E-state index contributed by atoms with van der Waals surface area (Å²) in [5.41, 5.74) is 2.66. The molecule has 0 saturated carbocycles. The van der Waals surface area contributed by atoms with Crippen molar-refractivity contribution in [1.29, 1.82) is 0 Å². The number of hydrogen-bond donors (Lipinski definition) is 0. The van der Waals surface area contributed by atoms with Crippen LogP contribution >= 0.6 is 15.9 Å². The van der Waals surface area contributed by atoms with E-state index in [0.717, 1.165) is 21.9 Å². The first-order valence-corrected chi connectivity index (χ1v) is 8.69. The van der Waals surface area contributed by atoms with Crippen molar-refractivity contribution >= 4 is 28.2 Å². The van der Waals surface area contributed by atoms with Crippen LogP contribution in [-0.2, 0) is 4.79 Å². The molecule has 0 radical (unpaired) electrons. The Hall–Kier alpha value is -2.92. The lowest BCUT2D eigenvalue weighted by atomic mass is 10.1. The highest BCUT2D eigenvalue weighted by molar-refractivity contribution is 9.10. The van der Waals surface area contributed by atoms with E-state index in [1.54, 1.807) is 30.3 Å². The zero-order valence-electron chi connectivity index (χ0n) is 13.7. The van der Waals surface area contributed by atoms with E-state index in [2.05, 4.69) is 15.9 Å². The molecular weight excluding hydrogens is 396 g/mol. The fourth-order valence-corrected chi connectivity index (χ4v) is 2.83. The highest BCUT2D eigenvalue weighted by Crippen LogP contribution is 2.30. The topological polar surface area (TPSA) is 52.6 Å². The average Bonchev–Trinajstić information content (AvgIpc) is 2.68. The molecule has 5 heteroatoms. The van der Waals surface area contributed by atoms with E-state index in [0.29, 0.717) is 17.1 Å². The third kappa shape index (κ3) is 4.58. The molecule has 3 aromatic carbocycles. The third-order valence-electron chi connectivity index (χ3n) is 3.63. The van der Waals surface area contributed by atoms with E-state index in [-0.39, 0.29) is 6.61 Å². The maximum Gasteiger partial charge on any atom is 0.349 e. The summed E-state index contributed by atoms with van der Waals surface area (Å²) in [6, 6.07) is 21.9. The van der Waals surface area contributed by atoms with Crippen molar-refractivity contribution in [2.24, 2.45) is 0 Å². The highest BCUT2D eigenvalue weighted by Gasteiger charge is 2.09. The Kier molecular flexibility index (Phi) is 5.81. The largest absolute Gasteiger partial charge is 0.481 e. The molecule has 3 aromatic rings. The molecule has 0 fully saturated rings. The number of rotatable bonds is 6. The van der Waals surface area contributed by atoms with Crippen LogP contribution in [0.25, 0.3) is 11.1 Å². The predicted octanol–water partition coefficient (Wildman–Crippen LogP) is 4.91. The maximum absolute atomic E-state index is 11.9. The maximum atomic E-state index is 11.9. The molecular formula is C21H15BrO4. The molecule has 0 aliphatic heterocycles. The Balaban J connectivity index is 1.60. The minimum atomic E-state index is -0.525. The van der Waals surface area contributed by atoms with Gasteiger partial charge in [0.05, 0.1) is 4.47 Å². The monoisotopic (exact) mass is 410 g/mol. The van der Waals surface area contributed by atoms with Crippen molar-refractivity contribution in [3.63, 3.8) is 0 Å². The molecule has 26 heavy (non-hydrogen) atoms. The summed E-state index contributed by atoms with van der Waals surface area (Å²) in [5.74, 6) is 0.392. The molecule has 0 amide bonds. The fraction of sp³-hybridized carbons (Fsp3) is 0.0476. The van der Waals surface area contributed by atoms with Crippen LogP contribution in [0.3, 0.4) is 0 Å². The second kappa shape index (κ2) is 8.45. The van der Waals surface area contributed by atoms with Crippen LogP contribution in [-0.4, -0.2) is 18.9 Å². The van der Waals surface area contributed by atoms with Gasteiger partial charge < -0.3 is 9.47 Å². The quantitative estimate of drug-likeness (QED) is 0.329. The Labute approximate surface area is 159 Å². The normalized spacial score (nSPS) is 10.2. The summed E-state index contributed by atoms with van der Waals surface area (Å²) >= 11 is 3.47. The number of carbonyl (C=O) groups excluding carboxylic acids is 2. The molecule has 0 aliphatic carbocycles. The average molecular weight is 411 g/mol. The van der Waals surface area contributed by atoms with Crippen LogP contribution in [0.1, 0.15) is 10.4 Å². The van der Waals surface area contributed by atoms with Gasteiger partial charge in [-0.1, -0.05) is 36.4 Å². The number of esters is 1. The summed E-state index contributed by atoms with van der Waals surface area (Å²) in [6.45, 7) is -0.223. The first-order valence-electron chi connectivity index (χ1n) is 7.89. The summed E-state index contributed by atoms with van der Waals surface area (Å²) < 4.78 is 11.5. The van der Waals surface area contributed by atoms with Crippen LogP contribution in [0, 0.1) is 0 Å². The molecule has 0 atom stereocenters. The van der Waals surface area contributed by atoms with Gasteiger partial charge in [-0.2, -0.15) is 0 Å². The molecule has 3 rings (SSSR count). The van der Waals surface area contributed by atoms with Gasteiger partial charge in [0, 0.05) is 5.56 Å². The smallest absolute Gasteiger partial charge is 0.349 e. The standard InChI is InChI=1S/C21H15BrO4/c22-19-12-17(16-4-2-1-3-5-16)8-11-20(19)25-14-21(24)26-18-9-6-15(13-23)7-10-18/h1-13H,14H2. The van der Waals surface area contributed by atoms with Gasteiger partial charge >= 0.3 is 5.97 Å². The van der Waals surface area contributed by atoms with E-state index in [4.69, 9.17) is 9.47 Å². The summed E-state index contributed by atoms with van der Waals surface area (Å²) in [7, 11) is 0. The van der Waals surface area contributed by atoms with Gasteiger partial charge in [0.2, 0.25) is 0 Å². The van der Waals surface area contributed by atoms with E-state index in [9.17, 15) is 9.59 Å². The molecule has 4 nitrogen and oxygen atoms in total. The summed E-state index contributed by atoms with van der Waals surface area (Å²) in [4.78, 5) is 22.5. The molecule has 130 valence electrons. The predicted molar refractivity (Wildman–Crippen MR) is 103 cm³/mol. The molecule has 0 unspecified atom stereocenters. The van der Waals surface area contributed by atoms with Crippen molar-refractivity contribution in [2.45, 2.75) is 0 Å². The Morgan fingerprint density at radius 1 is 0.923 bits per heavy atom. The lowest BCUT2D eigenvalue weighted by molar-refractivity contribution is -0.136. The second-order valence-corrected chi connectivity index (χ2v) is 6.32. The van der Waals surface area contributed by atoms with Crippen molar-refractivity contribution in [3.05, 3.63) is 82.8 Å². The number of benzene rings is 3. The van der Waals surface area contributed by atoms with E-state index in [1.807, 2.05) is 42.5 Å². The highest BCUT2D eigenvalue weighted by atomic mass is 79.9. The van der Waals surface area contributed by atoms with Crippen LogP contribution in [0.5, 0.6) is 11.5 Å². The van der Waals surface area contributed by atoms with Crippen molar-refractivity contribution in [1.82, 2.24) is 0 Å². The molecule has 0 heterocycles.